The Morgan fingerprint density at radius 3 is 2.25 bits per heavy atom. The van der Waals surface area contributed by atoms with Gasteiger partial charge in [-0.3, -0.25) is 4.79 Å². The lowest BCUT2D eigenvalue weighted by molar-refractivity contribution is -0.141. The molecule has 0 spiro atoms. The second-order valence-corrected chi connectivity index (χ2v) is 8.68. The first kappa shape index (κ1) is 22.5. The molecule has 148 valence electrons. The van der Waals surface area contributed by atoms with Crippen molar-refractivity contribution in [3.05, 3.63) is 71.8 Å². The molecule has 0 aromatic heterocycles. The first-order valence-corrected chi connectivity index (χ1v) is 11.9. The van der Waals surface area contributed by atoms with Crippen LogP contribution >= 0.6 is 23.5 Å². The largest absolute Gasteiger partial charge is 0.465 e. The summed E-state index contributed by atoms with van der Waals surface area (Å²) in [6.45, 7) is 2.23. The Balaban J connectivity index is 1.78. The molecule has 1 atom stereocenters. The number of carbonyl (C=O) groups is 1. The number of hydrogen-bond donors (Lipinski definition) is 0. The van der Waals surface area contributed by atoms with Crippen LogP contribution in [-0.4, -0.2) is 23.6 Å². The third-order valence-electron chi connectivity index (χ3n) is 4.02. The highest BCUT2D eigenvalue weighted by Gasteiger charge is 2.09. The summed E-state index contributed by atoms with van der Waals surface area (Å²) in [6.07, 6.45) is 2.11. The molecule has 0 heterocycles. The number of rotatable bonds is 11. The van der Waals surface area contributed by atoms with Crippen molar-refractivity contribution in [3.8, 4) is 11.8 Å². The van der Waals surface area contributed by atoms with E-state index in [1.54, 1.807) is 0 Å². The molecule has 0 fully saturated rings. The zero-order chi connectivity index (χ0) is 19.9. The molecule has 0 saturated carbocycles. The summed E-state index contributed by atoms with van der Waals surface area (Å²) in [5, 5.41) is 0.471. The summed E-state index contributed by atoms with van der Waals surface area (Å²) >= 11 is 3.93. The molecule has 4 heteroatoms. The van der Waals surface area contributed by atoms with Gasteiger partial charge in [-0.1, -0.05) is 66.6 Å². The van der Waals surface area contributed by atoms with E-state index in [9.17, 15) is 4.79 Å². The molecule has 0 aliphatic rings. The van der Waals surface area contributed by atoms with Crippen LogP contribution in [0.4, 0.5) is 0 Å². The Labute approximate surface area is 177 Å². The van der Waals surface area contributed by atoms with E-state index in [4.69, 9.17) is 4.74 Å². The first-order valence-electron chi connectivity index (χ1n) is 9.66. The number of thioether (sulfide) groups is 2. The Hall–Kier alpha value is -1.83. The van der Waals surface area contributed by atoms with Crippen molar-refractivity contribution < 1.29 is 9.53 Å². The van der Waals surface area contributed by atoms with Gasteiger partial charge in [0.1, 0.15) is 6.42 Å². The Bertz CT molecular complexity index is 735. The normalized spacial score (nSPS) is 11.3. The van der Waals surface area contributed by atoms with Crippen molar-refractivity contribution >= 4 is 29.5 Å². The molecule has 0 amide bonds. The summed E-state index contributed by atoms with van der Waals surface area (Å²) in [4.78, 5) is 11.4. The van der Waals surface area contributed by atoms with Gasteiger partial charge in [0.25, 0.3) is 0 Å². The SMILES string of the molecule is CCOC(=O)CC#CC[C@H](CCSCc1ccccc1)SCc1ccccc1. The number of carbonyl (C=O) groups excluding carboxylic acids is 1. The maximum absolute atomic E-state index is 11.4. The molecule has 0 aliphatic carbocycles. The van der Waals surface area contributed by atoms with Crippen molar-refractivity contribution in [2.75, 3.05) is 12.4 Å². The summed E-state index contributed by atoms with van der Waals surface area (Å²) in [7, 11) is 0. The molecule has 0 saturated heterocycles. The summed E-state index contributed by atoms with van der Waals surface area (Å²) in [6, 6.07) is 21.1. The highest BCUT2D eigenvalue weighted by atomic mass is 32.2. The van der Waals surface area contributed by atoms with E-state index in [-0.39, 0.29) is 12.4 Å². The molecule has 0 bridgehead atoms. The Kier molecular flexibility index (Phi) is 11.4. The van der Waals surface area contributed by atoms with Gasteiger partial charge in [0.05, 0.1) is 6.61 Å². The molecular weight excluding hydrogens is 384 g/mol. The zero-order valence-electron chi connectivity index (χ0n) is 16.4. The van der Waals surface area contributed by atoms with Crippen LogP contribution in [0.15, 0.2) is 60.7 Å². The summed E-state index contributed by atoms with van der Waals surface area (Å²) in [5.41, 5.74) is 2.71. The fourth-order valence-corrected chi connectivity index (χ4v) is 4.82. The smallest absolute Gasteiger partial charge is 0.317 e. The zero-order valence-corrected chi connectivity index (χ0v) is 18.1. The highest BCUT2D eigenvalue weighted by molar-refractivity contribution is 7.99. The molecule has 2 aromatic rings. The summed E-state index contributed by atoms with van der Waals surface area (Å²) in [5.74, 6) is 9.08. The van der Waals surface area contributed by atoms with Crippen LogP contribution in [0.3, 0.4) is 0 Å². The lowest BCUT2D eigenvalue weighted by atomic mass is 10.2. The van der Waals surface area contributed by atoms with E-state index in [1.165, 1.54) is 11.1 Å². The molecule has 0 aliphatic heterocycles. The number of ether oxygens (including phenoxy) is 1. The van der Waals surface area contributed by atoms with E-state index in [1.807, 2.05) is 36.5 Å². The third-order valence-corrected chi connectivity index (χ3v) is 6.45. The third kappa shape index (κ3) is 9.92. The van der Waals surface area contributed by atoms with Crippen molar-refractivity contribution in [2.45, 2.75) is 42.9 Å². The van der Waals surface area contributed by atoms with Crippen LogP contribution in [0.5, 0.6) is 0 Å². The molecule has 28 heavy (non-hydrogen) atoms. The standard InChI is InChI=1S/C24H28O2S2/c1-2-26-24(25)16-10-9-15-23(28-20-22-13-7-4-8-14-22)17-18-27-19-21-11-5-3-6-12-21/h3-8,11-14,23H,2,15-20H2,1H3/t23-/m1/s1. The van der Waals surface area contributed by atoms with Gasteiger partial charge in [-0.15, -0.1) is 5.92 Å². The fraction of sp³-hybridized carbons (Fsp3) is 0.375. The first-order chi connectivity index (χ1) is 13.8. The predicted octanol–water partition coefficient (Wildman–Crippen LogP) is 5.96. The minimum Gasteiger partial charge on any atom is -0.465 e. The molecule has 2 aromatic carbocycles. The minimum absolute atomic E-state index is 0.187. The quantitative estimate of drug-likeness (QED) is 0.258. The van der Waals surface area contributed by atoms with Gasteiger partial charge >= 0.3 is 5.97 Å². The van der Waals surface area contributed by atoms with Crippen molar-refractivity contribution in [1.82, 2.24) is 0 Å². The molecule has 0 radical (unpaired) electrons. The van der Waals surface area contributed by atoms with E-state index >= 15 is 0 Å². The topological polar surface area (TPSA) is 26.3 Å². The molecule has 0 unspecified atom stereocenters. The van der Waals surface area contributed by atoms with Gasteiger partial charge < -0.3 is 4.74 Å². The van der Waals surface area contributed by atoms with Gasteiger partial charge in [-0.25, -0.2) is 0 Å². The average molecular weight is 413 g/mol. The van der Waals surface area contributed by atoms with Crippen LogP contribution in [0.25, 0.3) is 0 Å². The Morgan fingerprint density at radius 1 is 0.964 bits per heavy atom. The summed E-state index contributed by atoms with van der Waals surface area (Å²) < 4.78 is 4.93. The van der Waals surface area contributed by atoms with Gasteiger partial charge in [0, 0.05) is 23.2 Å². The lowest BCUT2D eigenvalue weighted by Gasteiger charge is -2.14. The molecule has 0 N–H and O–H groups in total. The maximum atomic E-state index is 11.4. The molecule has 2 nitrogen and oxygen atoms in total. The van der Waals surface area contributed by atoms with Crippen molar-refractivity contribution in [1.29, 1.82) is 0 Å². The number of benzene rings is 2. The molecule has 2 rings (SSSR count). The highest BCUT2D eigenvalue weighted by Crippen LogP contribution is 2.25. The van der Waals surface area contributed by atoms with Gasteiger partial charge in [0.2, 0.25) is 0 Å². The van der Waals surface area contributed by atoms with Crippen LogP contribution in [-0.2, 0) is 21.0 Å². The Morgan fingerprint density at radius 2 is 1.61 bits per heavy atom. The van der Waals surface area contributed by atoms with Crippen LogP contribution < -0.4 is 0 Å². The predicted molar refractivity (Wildman–Crippen MR) is 122 cm³/mol. The van der Waals surface area contributed by atoms with Crippen molar-refractivity contribution in [3.63, 3.8) is 0 Å². The van der Waals surface area contributed by atoms with Gasteiger partial charge in [-0.2, -0.15) is 23.5 Å². The lowest BCUT2D eigenvalue weighted by Crippen LogP contribution is -2.05. The fourth-order valence-electron chi connectivity index (χ4n) is 2.54. The van der Waals surface area contributed by atoms with Crippen LogP contribution in [0.2, 0.25) is 0 Å². The van der Waals surface area contributed by atoms with Gasteiger partial charge in [0.15, 0.2) is 0 Å². The van der Waals surface area contributed by atoms with Crippen LogP contribution in [0, 0.1) is 11.8 Å². The van der Waals surface area contributed by atoms with E-state index < -0.39 is 0 Å². The second kappa shape index (κ2) is 14.2. The average Bonchev–Trinajstić information content (AvgIpc) is 2.73. The number of esters is 1. The maximum Gasteiger partial charge on any atom is 0.317 e. The van der Waals surface area contributed by atoms with E-state index in [0.717, 1.165) is 30.1 Å². The van der Waals surface area contributed by atoms with Crippen molar-refractivity contribution in [2.24, 2.45) is 0 Å². The number of hydrogen-bond acceptors (Lipinski definition) is 4. The minimum atomic E-state index is -0.234. The second-order valence-electron chi connectivity index (χ2n) is 6.28. The monoisotopic (exact) mass is 412 g/mol. The van der Waals surface area contributed by atoms with E-state index in [2.05, 4.69) is 66.4 Å². The molecular formula is C24H28O2S2. The van der Waals surface area contributed by atoms with Gasteiger partial charge in [-0.05, 0) is 30.2 Å². The van der Waals surface area contributed by atoms with E-state index in [0.29, 0.717) is 11.9 Å². The van der Waals surface area contributed by atoms with Crippen LogP contribution in [0.1, 0.15) is 37.3 Å².